The van der Waals surface area contributed by atoms with Crippen LogP contribution in [-0.4, -0.2) is 83.7 Å². The van der Waals surface area contributed by atoms with Gasteiger partial charge >= 0.3 is 0 Å². The van der Waals surface area contributed by atoms with Crippen molar-refractivity contribution in [1.29, 1.82) is 0 Å². The molecule has 1 amide bonds. The number of aliphatic hydroxyl groups is 1. The number of likely N-dealkylation sites (tertiary alicyclic amines) is 1. The van der Waals surface area contributed by atoms with E-state index < -0.39 is 5.60 Å². The molecule has 4 fully saturated rings. The van der Waals surface area contributed by atoms with Crippen molar-refractivity contribution in [2.24, 2.45) is 11.8 Å². The maximum atomic E-state index is 12.8. The predicted molar refractivity (Wildman–Crippen MR) is 98.3 cm³/mol. The Morgan fingerprint density at radius 2 is 1.48 bits per heavy atom. The van der Waals surface area contributed by atoms with Gasteiger partial charge in [0.2, 0.25) is 0 Å². The summed E-state index contributed by atoms with van der Waals surface area (Å²) in [6.07, 6.45) is 9.73. The van der Waals surface area contributed by atoms with Gasteiger partial charge in [0.1, 0.15) is 0 Å². The number of hydrogen-bond acceptors (Lipinski definition) is 4. The summed E-state index contributed by atoms with van der Waals surface area (Å²) in [6.45, 7) is 7.66. The van der Waals surface area contributed by atoms with E-state index in [-0.39, 0.29) is 5.91 Å². The zero-order valence-corrected chi connectivity index (χ0v) is 15.7. The first-order chi connectivity index (χ1) is 12.1. The highest BCUT2D eigenvalue weighted by atomic mass is 16.3. The van der Waals surface area contributed by atoms with Crippen LogP contribution in [0, 0.1) is 11.8 Å². The molecule has 0 bridgehead atoms. The molecule has 2 saturated carbocycles. The van der Waals surface area contributed by atoms with Gasteiger partial charge in [-0.05, 0) is 50.4 Å². The quantitative estimate of drug-likeness (QED) is 0.790. The number of nitrogens with zero attached hydrogens (tertiary/aromatic N) is 3. The molecular formula is C20H35N3O2. The van der Waals surface area contributed by atoms with Crippen molar-refractivity contribution in [2.75, 3.05) is 52.4 Å². The third-order valence-electron chi connectivity index (χ3n) is 6.82. The fraction of sp³-hybridized carbons (Fsp3) is 0.950. The van der Waals surface area contributed by atoms with Gasteiger partial charge in [-0.2, -0.15) is 0 Å². The van der Waals surface area contributed by atoms with Crippen LogP contribution in [-0.2, 0) is 4.79 Å². The number of carbonyl (C=O) groups excluding carboxylic acids is 1. The Bertz CT molecular complexity index is 468. The SMILES string of the molecule is O=C1N(CC2CC2)CCC[C@]1(O)CN1CCN(CC2CCCC2)CC1. The van der Waals surface area contributed by atoms with Gasteiger partial charge in [0.05, 0.1) is 0 Å². The summed E-state index contributed by atoms with van der Waals surface area (Å²) >= 11 is 0. The topological polar surface area (TPSA) is 47.0 Å². The van der Waals surface area contributed by atoms with E-state index in [1.165, 1.54) is 45.1 Å². The molecule has 4 aliphatic rings. The van der Waals surface area contributed by atoms with E-state index >= 15 is 0 Å². The molecule has 2 saturated heterocycles. The lowest BCUT2D eigenvalue weighted by atomic mass is 9.90. The molecule has 1 N–H and O–H groups in total. The van der Waals surface area contributed by atoms with Gasteiger partial charge in [0, 0.05) is 52.4 Å². The van der Waals surface area contributed by atoms with E-state index in [0.717, 1.165) is 51.6 Å². The number of piperazine rings is 1. The van der Waals surface area contributed by atoms with E-state index in [9.17, 15) is 9.90 Å². The Hall–Kier alpha value is -0.650. The lowest BCUT2D eigenvalue weighted by Crippen LogP contribution is -2.61. The van der Waals surface area contributed by atoms with Gasteiger partial charge in [0.15, 0.2) is 5.60 Å². The highest BCUT2D eigenvalue weighted by Gasteiger charge is 2.44. The first kappa shape index (κ1) is 17.7. The van der Waals surface area contributed by atoms with Crippen LogP contribution < -0.4 is 0 Å². The third-order valence-corrected chi connectivity index (χ3v) is 6.82. The van der Waals surface area contributed by atoms with E-state index in [1.54, 1.807) is 0 Å². The molecule has 2 heterocycles. The van der Waals surface area contributed by atoms with Crippen LogP contribution in [0.2, 0.25) is 0 Å². The summed E-state index contributed by atoms with van der Waals surface area (Å²) in [5, 5.41) is 11.0. The van der Waals surface area contributed by atoms with Crippen LogP contribution in [0.5, 0.6) is 0 Å². The monoisotopic (exact) mass is 349 g/mol. The zero-order chi connectivity index (χ0) is 17.3. The van der Waals surface area contributed by atoms with Gasteiger partial charge < -0.3 is 14.9 Å². The standard InChI is InChI=1S/C20H35N3O2/c24-19-20(25,8-3-9-23(19)15-18-6-7-18)16-22-12-10-21(11-13-22)14-17-4-1-2-5-17/h17-18,25H,1-16H2/t20-/m0/s1. The van der Waals surface area contributed by atoms with Crippen LogP contribution in [0.1, 0.15) is 51.4 Å². The second-order valence-corrected chi connectivity index (χ2v) is 9.06. The Labute approximate surface area is 152 Å². The minimum absolute atomic E-state index is 0.000893. The van der Waals surface area contributed by atoms with Gasteiger partial charge in [-0.1, -0.05) is 12.8 Å². The minimum atomic E-state index is -1.14. The molecule has 0 aromatic rings. The fourth-order valence-corrected chi connectivity index (χ4v) is 5.06. The number of β-amino-alcohol motifs (C(OH)–C–C–N with tert-alkyl or cyclic N) is 1. The van der Waals surface area contributed by atoms with E-state index in [2.05, 4.69) is 9.80 Å². The zero-order valence-electron chi connectivity index (χ0n) is 15.7. The smallest absolute Gasteiger partial charge is 0.255 e. The van der Waals surface area contributed by atoms with E-state index in [0.29, 0.717) is 18.9 Å². The predicted octanol–water partition coefficient (Wildman–Crippen LogP) is 1.56. The fourth-order valence-electron chi connectivity index (χ4n) is 5.06. The molecule has 0 aromatic carbocycles. The summed E-state index contributed by atoms with van der Waals surface area (Å²) in [7, 11) is 0. The van der Waals surface area contributed by atoms with Crippen LogP contribution in [0.4, 0.5) is 0 Å². The van der Waals surface area contributed by atoms with Crippen LogP contribution in [0.25, 0.3) is 0 Å². The number of carbonyl (C=O) groups is 1. The van der Waals surface area contributed by atoms with Gasteiger partial charge in [-0.15, -0.1) is 0 Å². The van der Waals surface area contributed by atoms with E-state index in [4.69, 9.17) is 0 Å². The summed E-state index contributed by atoms with van der Waals surface area (Å²) in [4.78, 5) is 19.7. The number of hydrogen-bond donors (Lipinski definition) is 1. The molecule has 25 heavy (non-hydrogen) atoms. The normalized spacial score (nSPS) is 33.3. The first-order valence-electron chi connectivity index (χ1n) is 10.6. The molecule has 2 aliphatic carbocycles. The maximum Gasteiger partial charge on any atom is 0.255 e. The van der Waals surface area contributed by atoms with Crippen molar-refractivity contribution in [3.8, 4) is 0 Å². The summed E-state index contributed by atoms with van der Waals surface area (Å²) in [5.74, 6) is 1.61. The average molecular weight is 350 g/mol. The number of amides is 1. The van der Waals surface area contributed by atoms with Gasteiger partial charge in [-0.25, -0.2) is 0 Å². The molecule has 5 heteroatoms. The lowest BCUT2D eigenvalue weighted by molar-refractivity contribution is -0.160. The molecule has 0 aromatic heterocycles. The van der Waals surface area contributed by atoms with E-state index in [1.807, 2.05) is 4.90 Å². The molecule has 0 unspecified atom stereocenters. The average Bonchev–Trinajstić information content (AvgIpc) is 3.27. The molecule has 0 spiro atoms. The van der Waals surface area contributed by atoms with Gasteiger partial charge in [0.25, 0.3) is 5.91 Å². The minimum Gasteiger partial charge on any atom is -0.379 e. The first-order valence-corrected chi connectivity index (χ1v) is 10.6. The highest BCUT2D eigenvalue weighted by Crippen LogP contribution is 2.33. The second kappa shape index (κ2) is 7.53. The maximum absolute atomic E-state index is 12.8. The summed E-state index contributed by atoms with van der Waals surface area (Å²) in [5.41, 5.74) is -1.14. The third kappa shape index (κ3) is 4.37. The lowest BCUT2D eigenvalue weighted by Gasteiger charge is -2.43. The summed E-state index contributed by atoms with van der Waals surface area (Å²) in [6, 6.07) is 0. The number of rotatable bonds is 6. The molecule has 5 nitrogen and oxygen atoms in total. The molecule has 1 atom stereocenters. The van der Waals surface area contributed by atoms with Crippen molar-refractivity contribution in [1.82, 2.24) is 14.7 Å². The Balaban J connectivity index is 1.25. The Morgan fingerprint density at radius 1 is 0.840 bits per heavy atom. The molecule has 0 radical (unpaired) electrons. The van der Waals surface area contributed by atoms with Crippen molar-refractivity contribution in [3.63, 3.8) is 0 Å². The van der Waals surface area contributed by atoms with Crippen LogP contribution >= 0.6 is 0 Å². The Morgan fingerprint density at radius 3 is 2.16 bits per heavy atom. The van der Waals surface area contributed by atoms with Gasteiger partial charge in [-0.3, -0.25) is 9.69 Å². The largest absolute Gasteiger partial charge is 0.379 e. The Kier molecular flexibility index (Phi) is 5.35. The van der Waals surface area contributed by atoms with Crippen LogP contribution in [0.3, 0.4) is 0 Å². The van der Waals surface area contributed by atoms with Crippen molar-refractivity contribution in [2.45, 2.75) is 57.0 Å². The molecule has 4 rings (SSSR count). The highest BCUT2D eigenvalue weighted by molar-refractivity contribution is 5.86. The second-order valence-electron chi connectivity index (χ2n) is 9.06. The van der Waals surface area contributed by atoms with Crippen molar-refractivity contribution < 1.29 is 9.90 Å². The van der Waals surface area contributed by atoms with Crippen molar-refractivity contribution in [3.05, 3.63) is 0 Å². The molecular weight excluding hydrogens is 314 g/mol. The summed E-state index contributed by atoms with van der Waals surface area (Å²) < 4.78 is 0. The number of piperidine rings is 1. The van der Waals surface area contributed by atoms with Crippen molar-refractivity contribution >= 4 is 5.91 Å². The molecule has 142 valence electrons. The molecule has 2 aliphatic heterocycles. The van der Waals surface area contributed by atoms with Crippen LogP contribution in [0.15, 0.2) is 0 Å².